The Hall–Kier alpha value is -4.71. The highest BCUT2D eigenvalue weighted by molar-refractivity contribution is 6.06. The summed E-state index contributed by atoms with van der Waals surface area (Å²) >= 11 is 0. The van der Waals surface area contributed by atoms with Gasteiger partial charge in [-0.25, -0.2) is 28.1 Å². The molecule has 0 N–H and O–H groups in total. The number of benzene rings is 2. The van der Waals surface area contributed by atoms with Gasteiger partial charge in [0, 0.05) is 62.3 Å². The second-order valence-corrected chi connectivity index (χ2v) is 12.8. The van der Waals surface area contributed by atoms with Crippen molar-refractivity contribution in [1.82, 2.24) is 15.0 Å². The summed E-state index contributed by atoms with van der Waals surface area (Å²) in [7, 11) is 3.91. The molecular formula is C36H36F3N5O4. The SMILES string of the molecule is CC(=O)[C@@H]1C[C@H](Oc2ncc(-c3cccc(N(C)C)c3)cc2[C@@]2(F)CCOC[C@@H]2C)CN1c1nc(C(F)F)nc2c1oc1ccccc12. The van der Waals surface area contributed by atoms with Crippen molar-refractivity contribution in [2.75, 3.05) is 43.7 Å². The number of hydrogen-bond acceptors (Lipinski definition) is 9. The normalized spacial score (nSPS) is 22.9. The molecule has 7 rings (SSSR count). The van der Waals surface area contributed by atoms with Gasteiger partial charge >= 0.3 is 0 Å². The largest absolute Gasteiger partial charge is 0.472 e. The number of alkyl halides is 3. The van der Waals surface area contributed by atoms with Crippen LogP contribution in [0.1, 0.15) is 44.5 Å². The molecular weight excluding hydrogens is 623 g/mol. The summed E-state index contributed by atoms with van der Waals surface area (Å²) in [6.07, 6.45) is -1.60. The first-order valence-electron chi connectivity index (χ1n) is 16.0. The number of aromatic nitrogens is 3. The monoisotopic (exact) mass is 659 g/mol. The van der Waals surface area contributed by atoms with Crippen molar-refractivity contribution in [3.63, 3.8) is 0 Å². The highest BCUT2D eigenvalue weighted by Crippen LogP contribution is 2.46. The number of nitrogens with zero attached hydrogens (tertiary/aromatic N) is 5. The lowest BCUT2D eigenvalue weighted by Gasteiger charge is -2.37. The third kappa shape index (κ3) is 5.61. The predicted molar refractivity (Wildman–Crippen MR) is 177 cm³/mol. The average Bonchev–Trinajstić information content (AvgIpc) is 3.68. The number of ether oxygens (including phenoxy) is 2. The van der Waals surface area contributed by atoms with Gasteiger partial charge in [0.15, 0.2) is 23.0 Å². The summed E-state index contributed by atoms with van der Waals surface area (Å²) in [5.74, 6) is -1.13. The van der Waals surface area contributed by atoms with Crippen LogP contribution < -0.4 is 14.5 Å². The summed E-state index contributed by atoms with van der Waals surface area (Å²) in [6, 6.07) is 15.9. The van der Waals surface area contributed by atoms with Crippen molar-refractivity contribution >= 4 is 39.4 Å². The Morgan fingerprint density at radius 2 is 1.92 bits per heavy atom. The number of furan rings is 1. The highest BCUT2D eigenvalue weighted by atomic mass is 19.3. The minimum Gasteiger partial charge on any atom is -0.472 e. The number of rotatable bonds is 8. The number of hydrogen-bond donors (Lipinski definition) is 0. The molecule has 5 heterocycles. The zero-order valence-corrected chi connectivity index (χ0v) is 27.1. The number of Topliss-reactive ketones (excluding diaryl/α,β-unsaturated/α-hetero) is 1. The molecule has 4 atom stereocenters. The standard InChI is InChI=1S/C36H36F3N5O4/c1-20-19-46-13-12-36(20,39)27-15-23(22-8-7-9-24(14-22)43(3)4)17-40-35(27)47-25-16-28(21(2)45)44(18-25)34-31-30(41-33(42-34)32(37)38)26-10-5-6-11-29(26)48-31/h5-11,14-15,17,20,25,28,32H,12-13,16,18-19H2,1-4H3/t20-,25-,28-,36+/m0/s1. The fourth-order valence-corrected chi connectivity index (χ4v) is 6.77. The average molecular weight is 660 g/mol. The van der Waals surface area contributed by atoms with Crippen LogP contribution in [0.15, 0.2) is 65.2 Å². The van der Waals surface area contributed by atoms with E-state index < -0.39 is 36.0 Å². The van der Waals surface area contributed by atoms with Crippen LogP contribution in [0.4, 0.5) is 24.7 Å². The molecule has 0 spiro atoms. The van der Waals surface area contributed by atoms with Gasteiger partial charge in [-0.05, 0) is 42.8 Å². The van der Waals surface area contributed by atoms with E-state index in [-0.39, 0.29) is 61.2 Å². The summed E-state index contributed by atoms with van der Waals surface area (Å²) in [4.78, 5) is 29.6. The lowest BCUT2D eigenvalue weighted by atomic mass is 9.80. The van der Waals surface area contributed by atoms with Gasteiger partial charge in [0.2, 0.25) is 5.88 Å². The third-order valence-corrected chi connectivity index (χ3v) is 9.45. The molecule has 0 unspecified atom stereocenters. The number of carbonyl (C=O) groups is 1. The van der Waals surface area contributed by atoms with Crippen molar-refractivity contribution in [3.8, 4) is 17.0 Å². The van der Waals surface area contributed by atoms with Crippen LogP contribution in [-0.2, 0) is 15.2 Å². The molecule has 250 valence electrons. The van der Waals surface area contributed by atoms with E-state index in [0.29, 0.717) is 16.5 Å². The molecule has 0 aliphatic carbocycles. The van der Waals surface area contributed by atoms with Crippen molar-refractivity contribution in [2.24, 2.45) is 5.92 Å². The number of halogens is 3. The van der Waals surface area contributed by atoms with E-state index in [1.165, 1.54) is 6.92 Å². The molecule has 0 saturated carbocycles. The van der Waals surface area contributed by atoms with Crippen LogP contribution in [0.25, 0.3) is 33.2 Å². The molecule has 2 aromatic carbocycles. The summed E-state index contributed by atoms with van der Waals surface area (Å²) < 4.78 is 63.4. The second kappa shape index (κ2) is 12.4. The van der Waals surface area contributed by atoms with Gasteiger partial charge in [0.1, 0.15) is 22.9 Å². The van der Waals surface area contributed by atoms with Crippen molar-refractivity contribution < 1.29 is 31.9 Å². The lowest BCUT2D eigenvalue weighted by Crippen LogP contribution is -2.38. The highest BCUT2D eigenvalue weighted by Gasteiger charge is 2.45. The Kier molecular flexibility index (Phi) is 8.22. The maximum absolute atomic E-state index is 17.1. The first kappa shape index (κ1) is 31.9. The molecule has 12 heteroatoms. The molecule has 2 fully saturated rings. The molecule has 3 aromatic heterocycles. The van der Waals surface area contributed by atoms with Gasteiger partial charge < -0.3 is 23.7 Å². The quantitative estimate of drug-likeness (QED) is 0.170. The van der Waals surface area contributed by atoms with Crippen LogP contribution in [0.3, 0.4) is 0 Å². The number of ketones is 1. The minimum absolute atomic E-state index is 0.0853. The molecule has 2 saturated heterocycles. The minimum atomic E-state index is -2.95. The topological polar surface area (TPSA) is 93.8 Å². The predicted octanol–water partition coefficient (Wildman–Crippen LogP) is 7.28. The van der Waals surface area contributed by atoms with E-state index in [4.69, 9.17) is 13.9 Å². The lowest BCUT2D eigenvalue weighted by molar-refractivity contribution is -0.118. The molecule has 2 aliphatic heterocycles. The molecule has 2 aliphatic rings. The Morgan fingerprint density at radius 3 is 2.67 bits per heavy atom. The first-order chi connectivity index (χ1) is 23.0. The molecule has 0 amide bonds. The first-order valence-corrected chi connectivity index (χ1v) is 16.0. The molecule has 0 radical (unpaired) electrons. The van der Waals surface area contributed by atoms with Gasteiger partial charge in [-0.15, -0.1) is 0 Å². The Bertz CT molecular complexity index is 2000. The van der Waals surface area contributed by atoms with Crippen molar-refractivity contribution in [3.05, 3.63) is 72.2 Å². The third-order valence-electron chi connectivity index (χ3n) is 9.45. The van der Waals surface area contributed by atoms with Crippen LogP contribution in [-0.4, -0.2) is 66.7 Å². The van der Waals surface area contributed by atoms with E-state index >= 15 is 4.39 Å². The Labute approximate surface area is 275 Å². The van der Waals surface area contributed by atoms with Crippen LogP contribution in [0.5, 0.6) is 5.88 Å². The van der Waals surface area contributed by atoms with E-state index in [1.54, 1.807) is 48.4 Å². The smallest absolute Gasteiger partial charge is 0.297 e. The fourth-order valence-electron chi connectivity index (χ4n) is 6.77. The number of fused-ring (bicyclic) bond motifs is 3. The van der Waals surface area contributed by atoms with E-state index in [1.807, 2.05) is 43.3 Å². The molecule has 48 heavy (non-hydrogen) atoms. The maximum atomic E-state index is 17.1. The van der Waals surface area contributed by atoms with Crippen LogP contribution in [0.2, 0.25) is 0 Å². The number of anilines is 2. The number of pyridine rings is 1. The van der Waals surface area contributed by atoms with E-state index in [2.05, 4.69) is 15.0 Å². The van der Waals surface area contributed by atoms with Gasteiger partial charge in [0.05, 0.1) is 24.8 Å². The number of para-hydroxylation sites is 1. The van der Waals surface area contributed by atoms with E-state index in [0.717, 1.165) is 16.8 Å². The Morgan fingerprint density at radius 1 is 1.10 bits per heavy atom. The van der Waals surface area contributed by atoms with Crippen LogP contribution in [0, 0.1) is 5.92 Å². The van der Waals surface area contributed by atoms with Crippen molar-refractivity contribution in [1.29, 1.82) is 0 Å². The van der Waals surface area contributed by atoms with Crippen LogP contribution >= 0.6 is 0 Å². The summed E-state index contributed by atoms with van der Waals surface area (Å²) in [5.41, 5.74) is 2.03. The van der Waals surface area contributed by atoms with Gasteiger partial charge in [-0.3, -0.25) is 4.79 Å². The zero-order chi connectivity index (χ0) is 33.7. The summed E-state index contributed by atoms with van der Waals surface area (Å²) in [6.45, 7) is 3.83. The van der Waals surface area contributed by atoms with Crippen molar-refractivity contribution in [2.45, 2.75) is 50.9 Å². The fraction of sp³-hybridized carbons (Fsp3) is 0.389. The molecule has 5 aromatic rings. The van der Waals surface area contributed by atoms with Gasteiger partial charge in [-0.1, -0.05) is 31.2 Å². The molecule has 0 bridgehead atoms. The summed E-state index contributed by atoms with van der Waals surface area (Å²) in [5, 5.41) is 0.563. The second-order valence-electron chi connectivity index (χ2n) is 12.8. The van der Waals surface area contributed by atoms with Gasteiger partial charge in [-0.2, -0.15) is 0 Å². The maximum Gasteiger partial charge on any atom is 0.297 e. The van der Waals surface area contributed by atoms with E-state index in [9.17, 15) is 13.6 Å². The number of carbonyl (C=O) groups excluding carboxylic acids is 1. The molecule has 9 nitrogen and oxygen atoms in total. The Balaban J connectivity index is 1.28. The van der Waals surface area contributed by atoms with Gasteiger partial charge in [0.25, 0.3) is 6.43 Å². The zero-order valence-electron chi connectivity index (χ0n) is 27.1.